The van der Waals surface area contributed by atoms with Crippen molar-refractivity contribution in [3.63, 3.8) is 0 Å². The fourth-order valence-corrected chi connectivity index (χ4v) is 3.23. The zero-order chi connectivity index (χ0) is 18.9. The van der Waals surface area contributed by atoms with E-state index in [0.717, 1.165) is 6.26 Å². The average Bonchev–Trinajstić information content (AvgIpc) is 2.94. The van der Waals surface area contributed by atoms with Crippen LogP contribution in [0, 0.1) is 17.8 Å². The number of carbonyl (C=O) groups is 1. The van der Waals surface area contributed by atoms with Crippen molar-refractivity contribution >= 4 is 15.7 Å². The number of halogens is 2. The van der Waals surface area contributed by atoms with Gasteiger partial charge in [0.05, 0.1) is 5.69 Å². The maximum atomic E-state index is 12.7. The smallest absolute Gasteiger partial charge is 0.264 e. The van der Waals surface area contributed by atoms with Crippen LogP contribution in [-0.2, 0) is 21.1 Å². The maximum absolute atomic E-state index is 12.7. The number of hydrogen-bond acceptors (Lipinski definition) is 6. The van der Waals surface area contributed by atoms with Crippen LogP contribution in [0.1, 0.15) is 37.6 Å². The van der Waals surface area contributed by atoms with Gasteiger partial charge in [0.15, 0.2) is 9.84 Å². The number of alkyl halides is 2. The Kier molecular flexibility index (Phi) is 5.20. The van der Waals surface area contributed by atoms with Crippen molar-refractivity contribution in [1.29, 1.82) is 0 Å². The predicted molar refractivity (Wildman–Crippen MR) is 82.6 cm³/mol. The SMILES string of the molecule is C[C@@](CCc1cc(C#CC2CC(F)(F)C2)on1)(C(=O)NO)S(C)(=O)=O. The molecule has 1 aromatic rings. The number of sulfone groups is 1. The maximum Gasteiger partial charge on any atom is 0.264 e. The number of amides is 1. The van der Waals surface area contributed by atoms with Gasteiger partial charge in [0, 0.05) is 31.1 Å². The van der Waals surface area contributed by atoms with Crippen molar-refractivity contribution < 1.29 is 31.7 Å². The fourth-order valence-electron chi connectivity index (χ4n) is 2.38. The van der Waals surface area contributed by atoms with E-state index in [-0.39, 0.29) is 37.4 Å². The van der Waals surface area contributed by atoms with Crippen LogP contribution in [0.15, 0.2) is 10.6 Å². The summed E-state index contributed by atoms with van der Waals surface area (Å²) in [5.74, 6) is 1.40. The molecule has 0 bridgehead atoms. The molecule has 2 rings (SSSR count). The number of carbonyl (C=O) groups excluding carboxylic acids is 1. The lowest BCUT2D eigenvalue weighted by Crippen LogP contribution is -2.49. The molecular formula is C15H18F2N2O5S. The van der Waals surface area contributed by atoms with Gasteiger partial charge in [-0.25, -0.2) is 22.7 Å². The molecule has 1 atom stereocenters. The summed E-state index contributed by atoms with van der Waals surface area (Å²) in [6, 6.07) is 1.46. The number of hydroxylamine groups is 1. The molecule has 1 amide bonds. The summed E-state index contributed by atoms with van der Waals surface area (Å²) in [6.07, 6.45) is 0.306. The lowest BCUT2D eigenvalue weighted by molar-refractivity contribution is -0.131. The highest BCUT2D eigenvalue weighted by molar-refractivity contribution is 7.92. The molecule has 1 aliphatic rings. The Morgan fingerprint density at radius 2 is 2.20 bits per heavy atom. The fraction of sp³-hybridized carbons (Fsp3) is 0.600. The molecular weight excluding hydrogens is 358 g/mol. The largest absolute Gasteiger partial charge is 0.347 e. The molecule has 7 nitrogen and oxygen atoms in total. The van der Waals surface area contributed by atoms with Crippen LogP contribution < -0.4 is 5.48 Å². The molecule has 138 valence electrons. The zero-order valence-corrected chi connectivity index (χ0v) is 14.5. The van der Waals surface area contributed by atoms with E-state index in [9.17, 15) is 22.0 Å². The topological polar surface area (TPSA) is 110 Å². The Hall–Kier alpha value is -1.99. The van der Waals surface area contributed by atoms with Crippen molar-refractivity contribution in [3.05, 3.63) is 17.5 Å². The van der Waals surface area contributed by atoms with Crippen molar-refractivity contribution in [2.75, 3.05) is 6.26 Å². The molecule has 0 saturated heterocycles. The van der Waals surface area contributed by atoms with Gasteiger partial charge in [0.25, 0.3) is 11.8 Å². The molecule has 0 aromatic carbocycles. The first-order valence-electron chi connectivity index (χ1n) is 7.46. The Morgan fingerprint density at radius 3 is 2.72 bits per heavy atom. The second-order valence-electron chi connectivity index (χ2n) is 6.36. The molecule has 1 heterocycles. The number of nitrogens with zero attached hydrogens (tertiary/aromatic N) is 1. The normalized spacial score (nSPS) is 19.2. The van der Waals surface area contributed by atoms with Gasteiger partial charge in [-0.15, -0.1) is 0 Å². The van der Waals surface area contributed by atoms with Crippen LogP contribution in [0.25, 0.3) is 0 Å². The highest BCUT2D eigenvalue weighted by Gasteiger charge is 2.44. The number of aromatic nitrogens is 1. The molecule has 25 heavy (non-hydrogen) atoms. The minimum atomic E-state index is -3.80. The van der Waals surface area contributed by atoms with Gasteiger partial charge in [-0.1, -0.05) is 11.1 Å². The van der Waals surface area contributed by atoms with Crippen LogP contribution in [0.5, 0.6) is 0 Å². The Morgan fingerprint density at radius 1 is 1.56 bits per heavy atom. The molecule has 10 heteroatoms. The summed E-state index contributed by atoms with van der Waals surface area (Å²) >= 11 is 0. The van der Waals surface area contributed by atoms with Crippen molar-refractivity contribution in [2.24, 2.45) is 5.92 Å². The summed E-state index contributed by atoms with van der Waals surface area (Å²) in [5.41, 5.74) is 1.72. The Labute approximate surface area is 143 Å². The second kappa shape index (κ2) is 6.72. The monoisotopic (exact) mass is 376 g/mol. The third kappa shape index (κ3) is 4.35. The van der Waals surface area contributed by atoms with E-state index in [1.807, 2.05) is 0 Å². The van der Waals surface area contributed by atoms with Gasteiger partial charge in [-0.05, 0) is 25.7 Å². The number of rotatable bonds is 5. The van der Waals surface area contributed by atoms with Crippen LogP contribution in [0.2, 0.25) is 0 Å². The molecule has 0 spiro atoms. The lowest BCUT2D eigenvalue weighted by atomic mass is 9.82. The molecule has 0 radical (unpaired) electrons. The summed E-state index contributed by atoms with van der Waals surface area (Å²) < 4.78 is 52.3. The van der Waals surface area contributed by atoms with E-state index in [2.05, 4.69) is 17.0 Å². The third-order valence-corrected chi connectivity index (χ3v) is 6.33. The van der Waals surface area contributed by atoms with E-state index in [4.69, 9.17) is 9.73 Å². The molecule has 1 saturated carbocycles. The van der Waals surface area contributed by atoms with Gasteiger partial charge in [-0.2, -0.15) is 0 Å². The van der Waals surface area contributed by atoms with Crippen LogP contribution >= 0.6 is 0 Å². The molecule has 0 aliphatic heterocycles. The van der Waals surface area contributed by atoms with E-state index in [1.54, 1.807) is 0 Å². The van der Waals surface area contributed by atoms with Gasteiger partial charge in [0.2, 0.25) is 5.76 Å². The second-order valence-corrected chi connectivity index (χ2v) is 8.80. The first-order valence-corrected chi connectivity index (χ1v) is 9.35. The summed E-state index contributed by atoms with van der Waals surface area (Å²) in [5, 5.41) is 12.5. The molecule has 1 aliphatic carbocycles. The molecule has 0 unspecified atom stereocenters. The number of nitrogens with one attached hydrogen (secondary N) is 1. The van der Waals surface area contributed by atoms with E-state index in [1.165, 1.54) is 18.5 Å². The number of aryl methyl sites for hydroxylation is 1. The predicted octanol–water partition coefficient (Wildman–Crippen LogP) is 1.31. The van der Waals surface area contributed by atoms with Gasteiger partial charge in [0.1, 0.15) is 4.75 Å². The van der Waals surface area contributed by atoms with Crippen molar-refractivity contribution in [3.8, 4) is 11.8 Å². The molecule has 1 fully saturated rings. The highest BCUT2D eigenvalue weighted by Crippen LogP contribution is 2.41. The summed E-state index contributed by atoms with van der Waals surface area (Å²) in [6.45, 7) is 1.20. The molecule has 1 aromatic heterocycles. The average molecular weight is 376 g/mol. The first-order chi connectivity index (χ1) is 11.5. The first kappa shape index (κ1) is 19.3. The van der Waals surface area contributed by atoms with Gasteiger partial charge < -0.3 is 4.52 Å². The quantitative estimate of drug-likeness (QED) is 0.456. The van der Waals surface area contributed by atoms with Crippen LogP contribution in [-0.4, -0.2) is 41.6 Å². The van der Waals surface area contributed by atoms with E-state index >= 15 is 0 Å². The van der Waals surface area contributed by atoms with Crippen LogP contribution in [0.3, 0.4) is 0 Å². The van der Waals surface area contributed by atoms with E-state index in [0.29, 0.717) is 5.69 Å². The summed E-state index contributed by atoms with van der Waals surface area (Å²) in [4.78, 5) is 11.7. The van der Waals surface area contributed by atoms with E-state index < -0.39 is 26.4 Å². The third-order valence-electron chi connectivity index (χ3n) is 4.31. The summed E-state index contributed by atoms with van der Waals surface area (Å²) in [7, 11) is -3.80. The minimum Gasteiger partial charge on any atom is -0.347 e. The number of hydrogen-bond donors (Lipinski definition) is 2. The minimum absolute atomic E-state index is 0.0870. The Bertz CT molecular complexity index is 816. The lowest BCUT2D eigenvalue weighted by Gasteiger charge is -2.30. The Balaban J connectivity index is 2.01. The molecule has 2 N–H and O–H groups in total. The standard InChI is InChI=1S/C15H18F2N2O5S/c1-14(13(20)18-21,25(2,22)23)6-5-11-7-12(24-19-11)4-3-10-8-15(16,17)9-10/h7,10,21H,5-6,8-9H2,1-2H3,(H,18,20)/t14-/m1/s1. The van der Waals surface area contributed by atoms with Gasteiger partial charge >= 0.3 is 0 Å². The van der Waals surface area contributed by atoms with Crippen molar-refractivity contribution in [1.82, 2.24) is 10.6 Å². The van der Waals surface area contributed by atoms with Crippen LogP contribution in [0.4, 0.5) is 8.78 Å². The van der Waals surface area contributed by atoms with Crippen molar-refractivity contribution in [2.45, 2.75) is 43.3 Å². The highest BCUT2D eigenvalue weighted by atomic mass is 32.2. The zero-order valence-electron chi connectivity index (χ0n) is 13.7. The van der Waals surface area contributed by atoms with Gasteiger partial charge in [-0.3, -0.25) is 10.0 Å².